The number of aromatic nitrogens is 2. The lowest BCUT2D eigenvalue weighted by atomic mass is 10.2. The average Bonchev–Trinajstić information content (AvgIpc) is 2.70. The van der Waals surface area contributed by atoms with Gasteiger partial charge in [-0.25, -0.2) is 9.37 Å². The molecule has 0 N–H and O–H groups in total. The number of hydrogen-bond donors (Lipinski definition) is 0. The Morgan fingerprint density at radius 1 is 1.47 bits per heavy atom. The van der Waals surface area contributed by atoms with Gasteiger partial charge in [0.2, 0.25) is 0 Å². The van der Waals surface area contributed by atoms with Crippen LogP contribution in [0.3, 0.4) is 0 Å². The van der Waals surface area contributed by atoms with Crippen LogP contribution in [-0.2, 0) is 5.33 Å². The molecule has 1 aromatic heterocycles. The number of rotatable bonds is 2. The molecule has 0 fully saturated rings. The average molecular weight is 269 g/mol. The van der Waals surface area contributed by atoms with Crippen molar-refractivity contribution in [2.45, 2.75) is 12.3 Å². The Morgan fingerprint density at radius 2 is 2.27 bits per heavy atom. The second-order valence-electron chi connectivity index (χ2n) is 3.34. The standard InChI is InChI=1S/C11H10BrFN2/c1-8-2-3-9(13)4-11(8)15-6-10(5-12)14-7-15/h2-4,6-7H,5H2,1H3. The van der Waals surface area contributed by atoms with E-state index in [1.54, 1.807) is 12.4 Å². The fourth-order valence-electron chi connectivity index (χ4n) is 1.43. The lowest BCUT2D eigenvalue weighted by molar-refractivity contribution is 0.626. The summed E-state index contributed by atoms with van der Waals surface area (Å²) in [6.07, 6.45) is 3.58. The normalized spacial score (nSPS) is 10.6. The van der Waals surface area contributed by atoms with E-state index < -0.39 is 0 Å². The Balaban J connectivity index is 2.48. The van der Waals surface area contributed by atoms with E-state index in [1.165, 1.54) is 12.1 Å². The van der Waals surface area contributed by atoms with Crippen LogP contribution in [0.1, 0.15) is 11.3 Å². The highest BCUT2D eigenvalue weighted by atomic mass is 79.9. The molecule has 0 unspecified atom stereocenters. The maximum Gasteiger partial charge on any atom is 0.125 e. The lowest BCUT2D eigenvalue weighted by Gasteiger charge is -2.05. The van der Waals surface area contributed by atoms with Crippen molar-refractivity contribution in [3.05, 3.63) is 47.8 Å². The first kappa shape index (κ1) is 10.4. The van der Waals surface area contributed by atoms with Gasteiger partial charge in [-0.3, -0.25) is 0 Å². The summed E-state index contributed by atoms with van der Waals surface area (Å²) in [6, 6.07) is 4.73. The Labute approximate surface area is 95.9 Å². The van der Waals surface area contributed by atoms with Crippen LogP contribution in [0.5, 0.6) is 0 Å². The van der Waals surface area contributed by atoms with E-state index in [0.29, 0.717) is 5.33 Å². The number of nitrogens with zero attached hydrogens (tertiary/aromatic N) is 2. The number of alkyl halides is 1. The summed E-state index contributed by atoms with van der Waals surface area (Å²) in [5.41, 5.74) is 2.78. The molecule has 0 spiro atoms. The molecule has 2 rings (SSSR count). The highest BCUT2D eigenvalue weighted by Crippen LogP contribution is 2.16. The number of hydrogen-bond acceptors (Lipinski definition) is 1. The van der Waals surface area contributed by atoms with Crippen molar-refractivity contribution in [3.63, 3.8) is 0 Å². The molecule has 2 nitrogen and oxygen atoms in total. The first-order valence-electron chi connectivity index (χ1n) is 4.56. The Bertz CT molecular complexity index is 479. The summed E-state index contributed by atoms with van der Waals surface area (Å²) < 4.78 is 14.9. The molecule has 0 bridgehead atoms. The number of imidazole rings is 1. The molecular weight excluding hydrogens is 259 g/mol. The molecule has 15 heavy (non-hydrogen) atoms. The Hall–Kier alpha value is -1.16. The summed E-state index contributed by atoms with van der Waals surface area (Å²) in [5.74, 6) is -0.232. The van der Waals surface area contributed by atoms with Gasteiger partial charge < -0.3 is 4.57 Å². The van der Waals surface area contributed by atoms with Gasteiger partial charge in [-0.15, -0.1) is 0 Å². The predicted octanol–water partition coefficient (Wildman–Crippen LogP) is 3.21. The van der Waals surface area contributed by atoms with Crippen molar-refractivity contribution < 1.29 is 4.39 Å². The van der Waals surface area contributed by atoms with Crippen molar-refractivity contribution in [2.75, 3.05) is 0 Å². The topological polar surface area (TPSA) is 17.8 Å². The van der Waals surface area contributed by atoms with E-state index in [-0.39, 0.29) is 5.82 Å². The third-order valence-corrected chi connectivity index (χ3v) is 2.80. The zero-order chi connectivity index (χ0) is 10.8. The van der Waals surface area contributed by atoms with Crippen molar-refractivity contribution in [2.24, 2.45) is 0 Å². The van der Waals surface area contributed by atoms with Gasteiger partial charge in [-0.2, -0.15) is 0 Å². The zero-order valence-electron chi connectivity index (χ0n) is 8.24. The fraction of sp³-hybridized carbons (Fsp3) is 0.182. The van der Waals surface area contributed by atoms with Crippen molar-refractivity contribution in [1.82, 2.24) is 9.55 Å². The summed E-state index contributed by atoms with van der Waals surface area (Å²) in [6.45, 7) is 1.95. The predicted molar refractivity (Wildman–Crippen MR) is 60.9 cm³/mol. The quantitative estimate of drug-likeness (QED) is 0.765. The highest BCUT2D eigenvalue weighted by Gasteiger charge is 2.04. The summed E-state index contributed by atoms with van der Waals surface area (Å²) in [5, 5.41) is 0.703. The summed E-state index contributed by atoms with van der Waals surface area (Å²) >= 11 is 3.33. The van der Waals surface area contributed by atoms with Crippen LogP contribution < -0.4 is 0 Å². The van der Waals surface area contributed by atoms with Gasteiger partial charge in [0.05, 0.1) is 17.7 Å². The summed E-state index contributed by atoms with van der Waals surface area (Å²) in [7, 11) is 0. The molecule has 0 aliphatic heterocycles. The van der Waals surface area contributed by atoms with Gasteiger partial charge in [0, 0.05) is 11.5 Å². The molecule has 1 heterocycles. The van der Waals surface area contributed by atoms with E-state index in [0.717, 1.165) is 16.9 Å². The van der Waals surface area contributed by atoms with Crippen LogP contribution in [-0.4, -0.2) is 9.55 Å². The fourth-order valence-corrected chi connectivity index (χ4v) is 1.71. The second kappa shape index (κ2) is 4.14. The van der Waals surface area contributed by atoms with Gasteiger partial charge in [0.15, 0.2) is 0 Å². The van der Waals surface area contributed by atoms with E-state index in [4.69, 9.17) is 0 Å². The molecule has 2 aromatic rings. The minimum Gasteiger partial charge on any atom is -0.306 e. The van der Waals surface area contributed by atoms with Gasteiger partial charge >= 0.3 is 0 Å². The molecule has 0 atom stereocenters. The van der Waals surface area contributed by atoms with Crippen LogP contribution in [0.2, 0.25) is 0 Å². The molecule has 0 amide bonds. The number of aryl methyl sites for hydroxylation is 1. The summed E-state index contributed by atoms with van der Waals surface area (Å²) in [4.78, 5) is 4.18. The molecule has 0 aliphatic rings. The van der Waals surface area contributed by atoms with Crippen LogP contribution in [0.4, 0.5) is 4.39 Å². The third kappa shape index (κ3) is 2.09. The number of benzene rings is 1. The van der Waals surface area contributed by atoms with E-state index in [1.807, 2.05) is 17.7 Å². The van der Waals surface area contributed by atoms with Crippen LogP contribution in [0.15, 0.2) is 30.7 Å². The maximum atomic E-state index is 13.1. The molecule has 0 saturated heterocycles. The van der Waals surface area contributed by atoms with Crippen LogP contribution in [0.25, 0.3) is 5.69 Å². The molecule has 1 aromatic carbocycles. The van der Waals surface area contributed by atoms with Crippen LogP contribution >= 0.6 is 15.9 Å². The van der Waals surface area contributed by atoms with Gasteiger partial charge in [-0.05, 0) is 24.6 Å². The monoisotopic (exact) mass is 268 g/mol. The van der Waals surface area contributed by atoms with Gasteiger partial charge in [0.1, 0.15) is 5.82 Å². The maximum absolute atomic E-state index is 13.1. The van der Waals surface area contributed by atoms with E-state index >= 15 is 0 Å². The molecule has 0 saturated carbocycles. The number of halogens is 2. The highest BCUT2D eigenvalue weighted by molar-refractivity contribution is 9.08. The van der Waals surface area contributed by atoms with Crippen molar-refractivity contribution >= 4 is 15.9 Å². The lowest BCUT2D eigenvalue weighted by Crippen LogP contribution is -1.94. The molecule has 0 radical (unpaired) electrons. The van der Waals surface area contributed by atoms with E-state index in [2.05, 4.69) is 20.9 Å². The first-order valence-corrected chi connectivity index (χ1v) is 5.68. The van der Waals surface area contributed by atoms with Crippen molar-refractivity contribution in [3.8, 4) is 5.69 Å². The van der Waals surface area contributed by atoms with Gasteiger partial charge in [-0.1, -0.05) is 22.0 Å². The Kier molecular flexibility index (Phi) is 2.86. The molecule has 78 valence electrons. The molecule has 4 heteroatoms. The van der Waals surface area contributed by atoms with Crippen LogP contribution in [0, 0.1) is 12.7 Å². The minimum absolute atomic E-state index is 0.232. The third-order valence-electron chi connectivity index (χ3n) is 2.22. The second-order valence-corrected chi connectivity index (χ2v) is 3.90. The van der Waals surface area contributed by atoms with E-state index in [9.17, 15) is 4.39 Å². The first-order chi connectivity index (χ1) is 7.20. The Morgan fingerprint density at radius 3 is 2.93 bits per heavy atom. The smallest absolute Gasteiger partial charge is 0.125 e. The van der Waals surface area contributed by atoms with Gasteiger partial charge in [0.25, 0.3) is 0 Å². The molecule has 0 aliphatic carbocycles. The van der Waals surface area contributed by atoms with Crippen molar-refractivity contribution in [1.29, 1.82) is 0 Å². The largest absolute Gasteiger partial charge is 0.306 e. The zero-order valence-corrected chi connectivity index (χ0v) is 9.83. The molecular formula is C11H10BrFN2. The SMILES string of the molecule is Cc1ccc(F)cc1-n1cnc(CBr)c1. The minimum atomic E-state index is -0.232.